The van der Waals surface area contributed by atoms with Gasteiger partial charge in [-0.15, -0.1) is 0 Å². The summed E-state index contributed by atoms with van der Waals surface area (Å²) in [4.78, 5) is 2.17. The smallest absolute Gasteiger partial charge is 0.232 e. The van der Waals surface area contributed by atoms with Gasteiger partial charge in [0.2, 0.25) is 5.13 Å². The molecule has 2 aromatic rings. The number of aromatic nitrogens is 3. The Balaban J connectivity index is 2.06. The highest BCUT2D eigenvalue weighted by molar-refractivity contribution is 7.09. The summed E-state index contributed by atoms with van der Waals surface area (Å²) in [5.74, 6) is 0. The summed E-state index contributed by atoms with van der Waals surface area (Å²) in [5.41, 5.74) is 2.62. The molecule has 1 aromatic carbocycles. The molecule has 0 aliphatic carbocycles. The second-order valence-corrected chi connectivity index (χ2v) is 3.89. The van der Waals surface area contributed by atoms with Crippen LogP contribution in [0.5, 0.6) is 0 Å². The van der Waals surface area contributed by atoms with Crippen molar-refractivity contribution in [2.24, 2.45) is 0 Å². The first kappa shape index (κ1) is 7.87. The minimum atomic E-state index is 0.884. The molecule has 0 radical (unpaired) electrons. The molecule has 0 N–H and O–H groups in total. The first-order chi connectivity index (χ1) is 6.95. The first-order valence-corrected chi connectivity index (χ1v) is 5.23. The van der Waals surface area contributed by atoms with Crippen molar-refractivity contribution >= 4 is 22.4 Å². The van der Waals surface area contributed by atoms with Crippen LogP contribution in [0.15, 0.2) is 24.3 Å². The van der Waals surface area contributed by atoms with E-state index in [1.54, 1.807) is 0 Å². The van der Waals surface area contributed by atoms with Crippen molar-refractivity contribution in [3.63, 3.8) is 0 Å². The molecule has 1 aliphatic heterocycles. The fraction of sp³-hybridized carbons (Fsp3) is 0.222. The highest BCUT2D eigenvalue weighted by atomic mass is 32.1. The van der Waals surface area contributed by atoms with E-state index in [-0.39, 0.29) is 0 Å². The summed E-state index contributed by atoms with van der Waals surface area (Å²) in [6.07, 6.45) is 1.08. The lowest BCUT2D eigenvalue weighted by atomic mass is 10.2. The molecule has 70 valence electrons. The predicted molar refractivity (Wildman–Crippen MR) is 54.9 cm³/mol. The average molecular weight is 204 g/mol. The third-order valence-electron chi connectivity index (χ3n) is 2.41. The van der Waals surface area contributed by atoms with E-state index in [4.69, 9.17) is 0 Å². The van der Waals surface area contributed by atoms with Gasteiger partial charge in [-0.1, -0.05) is 27.8 Å². The minimum Gasteiger partial charge on any atom is -0.315 e. The molecule has 4 nitrogen and oxygen atoms in total. The zero-order valence-electron chi connectivity index (χ0n) is 7.42. The lowest BCUT2D eigenvalue weighted by Crippen LogP contribution is -2.12. The molecular weight excluding hydrogens is 196 g/mol. The van der Waals surface area contributed by atoms with E-state index < -0.39 is 0 Å². The Morgan fingerprint density at radius 1 is 1.29 bits per heavy atom. The van der Waals surface area contributed by atoms with Gasteiger partial charge in [-0.25, -0.2) is 0 Å². The Morgan fingerprint density at radius 2 is 2.21 bits per heavy atom. The normalized spacial score (nSPS) is 14.4. The molecule has 3 rings (SSSR count). The number of para-hydroxylation sites is 1. The van der Waals surface area contributed by atoms with Crippen molar-refractivity contribution in [3.05, 3.63) is 29.8 Å². The van der Waals surface area contributed by atoms with Gasteiger partial charge in [0.1, 0.15) is 0 Å². The fourth-order valence-electron chi connectivity index (χ4n) is 1.77. The average Bonchev–Trinajstić information content (AvgIpc) is 2.85. The van der Waals surface area contributed by atoms with Crippen molar-refractivity contribution in [2.75, 3.05) is 11.4 Å². The van der Waals surface area contributed by atoms with Gasteiger partial charge < -0.3 is 4.90 Å². The minimum absolute atomic E-state index is 0.884. The molecule has 0 amide bonds. The number of hydrogen-bond donors (Lipinski definition) is 0. The highest BCUT2D eigenvalue weighted by Gasteiger charge is 2.21. The summed E-state index contributed by atoms with van der Waals surface area (Å²) >= 11 is 1.34. The Bertz CT molecular complexity index is 440. The Labute approximate surface area is 85.3 Å². The molecule has 1 aliphatic rings. The largest absolute Gasteiger partial charge is 0.315 e. The summed E-state index contributed by atoms with van der Waals surface area (Å²) in [7, 11) is 0. The molecule has 0 bridgehead atoms. The van der Waals surface area contributed by atoms with Crippen molar-refractivity contribution < 1.29 is 0 Å². The van der Waals surface area contributed by atoms with E-state index >= 15 is 0 Å². The maximum atomic E-state index is 3.98. The Morgan fingerprint density at radius 3 is 3.07 bits per heavy atom. The maximum absolute atomic E-state index is 3.98. The molecule has 0 atom stereocenters. The standard InChI is InChI=1S/C9H8N4S/c1-2-4-8-7(3-1)5-6-13(8)9-10-11-12-14-9/h1-4H,5-6H2. The van der Waals surface area contributed by atoms with E-state index in [9.17, 15) is 0 Å². The van der Waals surface area contributed by atoms with Crippen LogP contribution in [0.25, 0.3) is 0 Å². The molecule has 0 unspecified atom stereocenters. The van der Waals surface area contributed by atoms with Crippen LogP contribution in [0.3, 0.4) is 0 Å². The molecule has 5 heteroatoms. The third kappa shape index (κ3) is 1.09. The van der Waals surface area contributed by atoms with Crippen LogP contribution in [-0.4, -0.2) is 21.3 Å². The molecule has 0 fully saturated rings. The molecule has 0 saturated carbocycles. The van der Waals surface area contributed by atoms with E-state index in [1.165, 1.54) is 22.8 Å². The van der Waals surface area contributed by atoms with E-state index in [1.807, 2.05) is 6.07 Å². The number of hydrogen-bond acceptors (Lipinski definition) is 5. The lowest BCUT2D eigenvalue weighted by molar-refractivity contribution is 0.919. The van der Waals surface area contributed by atoms with Crippen molar-refractivity contribution in [3.8, 4) is 0 Å². The van der Waals surface area contributed by atoms with Gasteiger partial charge in [0, 0.05) is 23.8 Å². The molecule has 0 saturated heterocycles. The topological polar surface area (TPSA) is 41.9 Å². The summed E-state index contributed by atoms with van der Waals surface area (Å²) < 4.78 is 3.78. The van der Waals surface area contributed by atoms with E-state index in [2.05, 4.69) is 37.9 Å². The van der Waals surface area contributed by atoms with Gasteiger partial charge in [-0.2, -0.15) is 0 Å². The van der Waals surface area contributed by atoms with Gasteiger partial charge in [0.25, 0.3) is 0 Å². The van der Waals surface area contributed by atoms with Gasteiger partial charge in [0.15, 0.2) is 0 Å². The van der Waals surface area contributed by atoms with E-state index in [0.717, 1.165) is 18.1 Å². The van der Waals surface area contributed by atoms with Crippen LogP contribution in [0.2, 0.25) is 0 Å². The van der Waals surface area contributed by atoms with Gasteiger partial charge >= 0.3 is 0 Å². The van der Waals surface area contributed by atoms with Crippen LogP contribution >= 0.6 is 11.5 Å². The number of fused-ring (bicyclic) bond motifs is 1. The van der Waals surface area contributed by atoms with E-state index in [0.29, 0.717) is 0 Å². The van der Waals surface area contributed by atoms with Crippen molar-refractivity contribution in [1.82, 2.24) is 14.8 Å². The van der Waals surface area contributed by atoms with Crippen molar-refractivity contribution in [1.29, 1.82) is 0 Å². The monoisotopic (exact) mass is 204 g/mol. The molecule has 1 aromatic heterocycles. The maximum Gasteiger partial charge on any atom is 0.232 e. The third-order valence-corrected chi connectivity index (χ3v) is 3.03. The Hall–Kier alpha value is -1.49. The Kier molecular flexibility index (Phi) is 1.70. The highest BCUT2D eigenvalue weighted by Crippen LogP contribution is 2.33. The van der Waals surface area contributed by atoms with Crippen LogP contribution in [-0.2, 0) is 6.42 Å². The first-order valence-electron chi connectivity index (χ1n) is 4.45. The zero-order valence-corrected chi connectivity index (χ0v) is 8.24. The molecule has 0 spiro atoms. The number of rotatable bonds is 1. The van der Waals surface area contributed by atoms with Gasteiger partial charge in [0.05, 0.1) is 0 Å². The lowest BCUT2D eigenvalue weighted by Gasteiger charge is -2.13. The van der Waals surface area contributed by atoms with Crippen LogP contribution < -0.4 is 4.90 Å². The SMILES string of the molecule is c1ccc2c(c1)CCN2c1nnns1. The van der Waals surface area contributed by atoms with Crippen molar-refractivity contribution in [2.45, 2.75) is 6.42 Å². The summed E-state index contributed by atoms with van der Waals surface area (Å²) in [6.45, 7) is 0.982. The number of anilines is 2. The fourth-order valence-corrected chi connectivity index (χ4v) is 2.28. The van der Waals surface area contributed by atoms with Gasteiger partial charge in [-0.3, -0.25) is 0 Å². The van der Waals surface area contributed by atoms with Crippen LogP contribution in [0.1, 0.15) is 5.56 Å². The quantitative estimate of drug-likeness (QED) is 0.708. The second kappa shape index (κ2) is 3.02. The van der Waals surface area contributed by atoms with Crippen LogP contribution in [0, 0.1) is 0 Å². The molecule has 2 heterocycles. The molecule has 14 heavy (non-hydrogen) atoms. The summed E-state index contributed by atoms with van der Waals surface area (Å²) in [5, 5.41) is 8.48. The number of nitrogens with zero attached hydrogens (tertiary/aromatic N) is 4. The second-order valence-electron chi connectivity index (χ2n) is 3.18. The van der Waals surface area contributed by atoms with Crippen LogP contribution in [0.4, 0.5) is 10.8 Å². The number of benzene rings is 1. The molecular formula is C9H8N4S. The van der Waals surface area contributed by atoms with Gasteiger partial charge in [-0.05, 0) is 23.3 Å². The predicted octanol–water partition coefficient (Wildman–Crippen LogP) is 1.63. The zero-order chi connectivity index (χ0) is 9.38. The summed E-state index contributed by atoms with van der Waals surface area (Å²) in [6, 6.07) is 8.39.